The Bertz CT molecular complexity index is 928. The van der Waals surface area contributed by atoms with E-state index < -0.39 is 0 Å². The van der Waals surface area contributed by atoms with E-state index in [1.807, 2.05) is 24.3 Å². The van der Waals surface area contributed by atoms with Crippen LogP contribution in [0.1, 0.15) is 31.8 Å². The summed E-state index contributed by atoms with van der Waals surface area (Å²) in [5, 5.41) is 6.53. The first-order chi connectivity index (χ1) is 13.5. The molecule has 0 aliphatic rings. The van der Waals surface area contributed by atoms with Gasteiger partial charge in [0.2, 0.25) is 0 Å². The van der Waals surface area contributed by atoms with Crippen molar-refractivity contribution in [2.45, 2.75) is 13.1 Å². The fraction of sp³-hybridized carbons (Fsp3) is 0.0909. The number of hydrogen-bond donors (Lipinski definition) is 2. The fourth-order valence-electron chi connectivity index (χ4n) is 2.70. The molecule has 142 valence electrons. The third-order valence-corrected chi connectivity index (χ3v) is 4.79. The van der Waals surface area contributed by atoms with E-state index in [0.717, 1.165) is 11.1 Å². The van der Waals surface area contributed by atoms with Gasteiger partial charge in [0, 0.05) is 13.1 Å². The molecule has 6 heteroatoms. The number of carbonyl (C=O) groups excluding carboxylic acids is 2. The molecular formula is C22H18Cl2N2O2. The smallest absolute Gasteiger partial charge is 0.253 e. The first-order valence-electron chi connectivity index (χ1n) is 8.68. The standard InChI is InChI=1S/C22H18Cl2N2O2/c23-19-10-3-1-8-17(19)21(27)25-13-15-6-5-7-16(12-15)14-26-22(28)18-9-2-4-11-20(18)24/h1-12H,13-14H2,(H,25,27)(H,26,28). The molecule has 3 aromatic rings. The van der Waals surface area contributed by atoms with Crippen molar-refractivity contribution >= 4 is 35.0 Å². The summed E-state index contributed by atoms with van der Waals surface area (Å²) in [6.45, 7) is 0.715. The van der Waals surface area contributed by atoms with Crippen molar-refractivity contribution in [3.05, 3.63) is 105 Å². The molecule has 0 saturated heterocycles. The average Bonchev–Trinajstić information content (AvgIpc) is 2.71. The van der Waals surface area contributed by atoms with Gasteiger partial charge >= 0.3 is 0 Å². The van der Waals surface area contributed by atoms with Crippen LogP contribution in [-0.2, 0) is 13.1 Å². The van der Waals surface area contributed by atoms with Gasteiger partial charge in [-0.1, -0.05) is 71.7 Å². The Morgan fingerprint density at radius 1 is 0.643 bits per heavy atom. The van der Waals surface area contributed by atoms with Crippen LogP contribution in [0.15, 0.2) is 72.8 Å². The molecule has 0 saturated carbocycles. The van der Waals surface area contributed by atoms with E-state index in [1.54, 1.807) is 48.5 Å². The average molecular weight is 413 g/mol. The van der Waals surface area contributed by atoms with Crippen molar-refractivity contribution in [1.82, 2.24) is 10.6 Å². The Kier molecular flexibility index (Phi) is 6.69. The lowest BCUT2D eigenvalue weighted by Gasteiger charge is -2.10. The number of carbonyl (C=O) groups is 2. The van der Waals surface area contributed by atoms with E-state index in [0.29, 0.717) is 34.3 Å². The molecule has 4 nitrogen and oxygen atoms in total. The lowest BCUT2D eigenvalue weighted by molar-refractivity contribution is 0.0943. The molecule has 0 aliphatic heterocycles. The molecule has 0 spiro atoms. The van der Waals surface area contributed by atoms with Crippen molar-refractivity contribution in [3.8, 4) is 0 Å². The SMILES string of the molecule is O=C(NCc1cccc(CNC(=O)c2ccccc2Cl)c1)c1ccccc1Cl. The number of amides is 2. The highest BCUT2D eigenvalue weighted by Crippen LogP contribution is 2.16. The van der Waals surface area contributed by atoms with E-state index in [2.05, 4.69) is 10.6 Å². The van der Waals surface area contributed by atoms with Gasteiger partial charge < -0.3 is 10.6 Å². The van der Waals surface area contributed by atoms with Crippen LogP contribution in [0, 0.1) is 0 Å². The highest BCUT2D eigenvalue weighted by atomic mass is 35.5. The highest BCUT2D eigenvalue weighted by Gasteiger charge is 2.10. The lowest BCUT2D eigenvalue weighted by atomic mass is 10.1. The van der Waals surface area contributed by atoms with Crippen molar-refractivity contribution in [2.75, 3.05) is 0 Å². The van der Waals surface area contributed by atoms with Crippen LogP contribution in [0.2, 0.25) is 10.0 Å². The highest BCUT2D eigenvalue weighted by molar-refractivity contribution is 6.34. The maximum atomic E-state index is 12.3. The Labute approximate surface area is 173 Å². The van der Waals surface area contributed by atoms with Gasteiger partial charge in [0.25, 0.3) is 11.8 Å². The maximum Gasteiger partial charge on any atom is 0.253 e. The first-order valence-corrected chi connectivity index (χ1v) is 9.43. The Hall–Kier alpha value is -2.82. The molecule has 2 amide bonds. The summed E-state index contributed by atoms with van der Waals surface area (Å²) in [6, 6.07) is 21.4. The van der Waals surface area contributed by atoms with E-state index in [-0.39, 0.29) is 11.8 Å². The summed E-state index contributed by atoms with van der Waals surface area (Å²) in [6.07, 6.45) is 0. The van der Waals surface area contributed by atoms with E-state index in [1.165, 1.54) is 0 Å². The van der Waals surface area contributed by atoms with Crippen LogP contribution >= 0.6 is 23.2 Å². The minimum atomic E-state index is -0.233. The summed E-state index contributed by atoms with van der Waals surface area (Å²) in [5.41, 5.74) is 2.72. The molecule has 0 aliphatic carbocycles. The number of nitrogens with one attached hydrogen (secondary N) is 2. The van der Waals surface area contributed by atoms with Crippen molar-refractivity contribution < 1.29 is 9.59 Å². The second kappa shape index (κ2) is 9.40. The number of rotatable bonds is 6. The molecule has 28 heavy (non-hydrogen) atoms. The molecule has 3 rings (SSSR count). The zero-order valence-corrected chi connectivity index (χ0v) is 16.4. The van der Waals surface area contributed by atoms with Crippen molar-refractivity contribution in [2.24, 2.45) is 0 Å². The van der Waals surface area contributed by atoms with Crippen LogP contribution in [0.4, 0.5) is 0 Å². The predicted octanol–water partition coefficient (Wildman–Crippen LogP) is 4.85. The maximum absolute atomic E-state index is 12.3. The molecular weight excluding hydrogens is 395 g/mol. The second-order valence-corrected chi connectivity index (χ2v) is 6.96. The zero-order valence-electron chi connectivity index (χ0n) is 14.9. The van der Waals surface area contributed by atoms with Crippen molar-refractivity contribution in [1.29, 1.82) is 0 Å². The Morgan fingerprint density at radius 2 is 1.07 bits per heavy atom. The Balaban J connectivity index is 1.58. The van der Waals surface area contributed by atoms with Gasteiger partial charge in [-0.3, -0.25) is 9.59 Å². The van der Waals surface area contributed by atoms with Crippen LogP contribution < -0.4 is 10.6 Å². The molecule has 0 bridgehead atoms. The topological polar surface area (TPSA) is 58.2 Å². The summed E-state index contributed by atoms with van der Waals surface area (Å²) in [5.74, 6) is -0.467. The molecule has 2 N–H and O–H groups in total. The normalized spacial score (nSPS) is 10.4. The molecule has 0 fully saturated rings. The minimum Gasteiger partial charge on any atom is -0.348 e. The van der Waals surface area contributed by atoms with E-state index >= 15 is 0 Å². The summed E-state index contributed by atoms with van der Waals surface area (Å²) >= 11 is 12.1. The van der Waals surface area contributed by atoms with Crippen LogP contribution in [0.25, 0.3) is 0 Å². The largest absolute Gasteiger partial charge is 0.348 e. The quantitative estimate of drug-likeness (QED) is 0.607. The Morgan fingerprint density at radius 3 is 1.50 bits per heavy atom. The molecule has 0 radical (unpaired) electrons. The first kappa shape index (κ1) is 19.9. The molecule has 0 atom stereocenters. The van der Waals surface area contributed by atoms with E-state index in [4.69, 9.17) is 23.2 Å². The third kappa shape index (κ3) is 5.12. The van der Waals surface area contributed by atoms with Gasteiger partial charge in [-0.2, -0.15) is 0 Å². The van der Waals surface area contributed by atoms with Gasteiger partial charge in [0.1, 0.15) is 0 Å². The summed E-state index contributed by atoms with van der Waals surface area (Å²) in [7, 11) is 0. The number of hydrogen-bond acceptors (Lipinski definition) is 2. The number of benzene rings is 3. The van der Waals surface area contributed by atoms with Gasteiger partial charge in [-0.25, -0.2) is 0 Å². The molecule has 0 heterocycles. The van der Waals surface area contributed by atoms with Crippen molar-refractivity contribution in [3.63, 3.8) is 0 Å². The van der Waals surface area contributed by atoms with Crippen LogP contribution in [0.3, 0.4) is 0 Å². The zero-order chi connectivity index (χ0) is 19.9. The summed E-state index contributed by atoms with van der Waals surface area (Å²) < 4.78 is 0. The molecule has 0 aromatic heterocycles. The lowest BCUT2D eigenvalue weighted by Crippen LogP contribution is -2.24. The predicted molar refractivity (Wildman–Crippen MR) is 112 cm³/mol. The minimum absolute atomic E-state index is 0.233. The fourth-order valence-corrected chi connectivity index (χ4v) is 3.14. The number of halogens is 2. The van der Waals surface area contributed by atoms with Crippen LogP contribution in [-0.4, -0.2) is 11.8 Å². The van der Waals surface area contributed by atoms with Gasteiger partial charge in [-0.15, -0.1) is 0 Å². The van der Waals surface area contributed by atoms with Crippen LogP contribution in [0.5, 0.6) is 0 Å². The second-order valence-electron chi connectivity index (χ2n) is 6.14. The van der Waals surface area contributed by atoms with Gasteiger partial charge in [0.05, 0.1) is 21.2 Å². The summed E-state index contributed by atoms with van der Waals surface area (Å²) in [4.78, 5) is 24.5. The van der Waals surface area contributed by atoms with E-state index in [9.17, 15) is 9.59 Å². The molecule has 0 unspecified atom stereocenters. The molecule has 3 aromatic carbocycles. The van der Waals surface area contributed by atoms with Gasteiger partial charge in [-0.05, 0) is 35.4 Å². The van der Waals surface area contributed by atoms with Gasteiger partial charge in [0.15, 0.2) is 0 Å². The third-order valence-electron chi connectivity index (χ3n) is 4.13. The monoisotopic (exact) mass is 412 g/mol.